The molecule has 3 aromatic rings. The number of carbonyl (C=O) groups excluding carboxylic acids is 1. The Labute approximate surface area is 171 Å². The van der Waals surface area contributed by atoms with Crippen molar-refractivity contribution >= 4 is 16.9 Å². The highest BCUT2D eigenvalue weighted by atomic mass is 19.4. The second-order valence-corrected chi connectivity index (χ2v) is 6.75. The first-order chi connectivity index (χ1) is 14.4. The lowest BCUT2D eigenvalue weighted by Gasteiger charge is -2.25. The molecule has 0 amide bonds. The Bertz CT molecular complexity index is 1170. The Morgan fingerprint density at radius 3 is 2.29 bits per heavy atom. The van der Waals surface area contributed by atoms with Crippen LogP contribution in [0, 0.1) is 0 Å². The van der Waals surface area contributed by atoms with Crippen LogP contribution in [0.25, 0.3) is 11.0 Å². The van der Waals surface area contributed by atoms with Gasteiger partial charge in [0.05, 0.1) is 16.5 Å². The standard InChI is InChI=1S/C21H15F5O5/c1-11(20(22,23)21(24,25)26)30-18(28)13-8-6-12(7-9-13)10-15-17(27)14-4-2-3-5-16(14)31-19(15)29/h2-9,11,27H,10H2,1H3. The van der Waals surface area contributed by atoms with Gasteiger partial charge in [-0.2, -0.15) is 22.0 Å². The summed E-state index contributed by atoms with van der Waals surface area (Å²) < 4.78 is 73.0. The number of hydrogen-bond donors (Lipinski definition) is 1. The van der Waals surface area contributed by atoms with E-state index in [1.54, 1.807) is 18.2 Å². The van der Waals surface area contributed by atoms with E-state index in [2.05, 4.69) is 4.74 Å². The molecule has 31 heavy (non-hydrogen) atoms. The summed E-state index contributed by atoms with van der Waals surface area (Å²) in [7, 11) is 0. The molecule has 0 aliphatic carbocycles. The Morgan fingerprint density at radius 1 is 1.06 bits per heavy atom. The van der Waals surface area contributed by atoms with Crippen LogP contribution < -0.4 is 5.63 Å². The van der Waals surface area contributed by atoms with E-state index >= 15 is 0 Å². The summed E-state index contributed by atoms with van der Waals surface area (Å²) in [5.41, 5.74) is -0.404. The van der Waals surface area contributed by atoms with Gasteiger partial charge < -0.3 is 14.3 Å². The van der Waals surface area contributed by atoms with Crippen LogP contribution in [0.15, 0.2) is 57.7 Å². The van der Waals surface area contributed by atoms with Crippen LogP contribution in [0.4, 0.5) is 22.0 Å². The molecule has 1 aromatic heterocycles. The molecular weight excluding hydrogens is 427 g/mol. The third kappa shape index (κ3) is 4.37. The minimum atomic E-state index is -5.86. The molecule has 1 N–H and O–H groups in total. The second-order valence-electron chi connectivity index (χ2n) is 6.75. The fourth-order valence-corrected chi connectivity index (χ4v) is 2.82. The average Bonchev–Trinajstić information content (AvgIpc) is 2.70. The van der Waals surface area contributed by atoms with Crippen molar-refractivity contribution in [2.75, 3.05) is 0 Å². The number of fused-ring (bicyclic) bond motifs is 1. The van der Waals surface area contributed by atoms with E-state index in [4.69, 9.17) is 4.42 Å². The van der Waals surface area contributed by atoms with E-state index in [1.807, 2.05) is 0 Å². The fraction of sp³-hybridized carbons (Fsp3) is 0.238. The number of carbonyl (C=O) groups is 1. The van der Waals surface area contributed by atoms with Gasteiger partial charge in [-0.3, -0.25) is 0 Å². The Hall–Kier alpha value is -3.43. The molecule has 0 aliphatic heterocycles. The maximum absolute atomic E-state index is 13.2. The molecule has 0 spiro atoms. The molecule has 0 radical (unpaired) electrons. The van der Waals surface area contributed by atoms with Gasteiger partial charge in [-0.25, -0.2) is 9.59 Å². The van der Waals surface area contributed by atoms with Gasteiger partial charge in [0.1, 0.15) is 11.3 Å². The first kappa shape index (κ1) is 22.3. The molecule has 0 fully saturated rings. The van der Waals surface area contributed by atoms with Crippen LogP contribution >= 0.6 is 0 Å². The monoisotopic (exact) mass is 442 g/mol. The summed E-state index contributed by atoms with van der Waals surface area (Å²) in [5, 5.41) is 10.7. The van der Waals surface area contributed by atoms with E-state index in [9.17, 15) is 36.6 Å². The third-order valence-electron chi connectivity index (χ3n) is 4.62. The van der Waals surface area contributed by atoms with E-state index < -0.39 is 29.8 Å². The lowest BCUT2D eigenvalue weighted by Crippen LogP contribution is -2.47. The van der Waals surface area contributed by atoms with Crippen molar-refractivity contribution in [3.05, 3.63) is 75.6 Å². The van der Waals surface area contributed by atoms with E-state index in [0.29, 0.717) is 17.9 Å². The van der Waals surface area contributed by atoms with Crippen molar-refractivity contribution in [3.8, 4) is 5.75 Å². The lowest BCUT2D eigenvalue weighted by molar-refractivity contribution is -0.309. The normalized spacial score (nSPS) is 13.2. The largest absolute Gasteiger partial charge is 0.507 e. The first-order valence-corrected chi connectivity index (χ1v) is 8.90. The maximum atomic E-state index is 13.2. The van der Waals surface area contributed by atoms with Crippen molar-refractivity contribution in [2.24, 2.45) is 0 Å². The molecular formula is C21H15F5O5. The molecule has 10 heteroatoms. The molecule has 0 saturated carbocycles. The number of para-hydroxylation sites is 1. The molecule has 1 atom stereocenters. The number of aromatic hydroxyl groups is 1. The lowest BCUT2D eigenvalue weighted by atomic mass is 10.0. The van der Waals surface area contributed by atoms with Gasteiger partial charge in [-0.1, -0.05) is 24.3 Å². The average molecular weight is 442 g/mol. The first-order valence-electron chi connectivity index (χ1n) is 8.90. The molecule has 0 saturated heterocycles. The van der Waals surface area contributed by atoms with Gasteiger partial charge in [0.15, 0.2) is 6.10 Å². The number of ether oxygens (including phenoxy) is 1. The van der Waals surface area contributed by atoms with Crippen molar-refractivity contribution in [1.82, 2.24) is 0 Å². The van der Waals surface area contributed by atoms with E-state index in [1.165, 1.54) is 18.2 Å². The minimum Gasteiger partial charge on any atom is -0.507 e. The quantitative estimate of drug-likeness (QED) is 0.348. The van der Waals surface area contributed by atoms with E-state index in [0.717, 1.165) is 12.1 Å². The number of halogens is 5. The molecule has 164 valence electrons. The van der Waals surface area contributed by atoms with Gasteiger partial charge >= 0.3 is 23.7 Å². The van der Waals surface area contributed by atoms with Gasteiger partial charge in [-0.15, -0.1) is 0 Å². The van der Waals surface area contributed by atoms with Crippen molar-refractivity contribution in [1.29, 1.82) is 0 Å². The van der Waals surface area contributed by atoms with Gasteiger partial charge in [0, 0.05) is 6.42 Å². The van der Waals surface area contributed by atoms with Crippen LogP contribution in [-0.2, 0) is 11.2 Å². The summed E-state index contributed by atoms with van der Waals surface area (Å²) in [4.78, 5) is 24.1. The predicted octanol–water partition coefficient (Wildman–Crippen LogP) is 4.83. The highest BCUT2D eigenvalue weighted by Crippen LogP contribution is 2.39. The predicted molar refractivity (Wildman–Crippen MR) is 99.3 cm³/mol. The van der Waals surface area contributed by atoms with Gasteiger partial charge in [0.25, 0.3) is 0 Å². The summed E-state index contributed by atoms with van der Waals surface area (Å²) in [6, 6.07) is 11.3. The van der Waals surface area contributed by atoms with Gasteiger partial charge in [0.2, 0.25) is 0 Å². The van der Waals surface area contributed by atoms with Crippen LogP contribution in [0.3, 0.4) is 0 Å². The molecule has 5 nitrogen and oxygen atoms in total. The topological polar surface area (TPSA) is 76.7 Å². The second kappa shape index (κ2) is 8.01. The number of rotatable bonds is 5. The van der Waals surface area contributed by atoms with Crippen LogP contribution in [0.5, 0.6) is 5.75 Å². The van der Waals surface area contributed by atoms with Crippen LogP contribution in [0.1, 0.15) is 28.4 Å². The highest BCUT2D eigenvalue weighted by Gasteiger charge is 2.62. The maximum Gasteiger partial charge on any atom is 0.457 e. The number of benzene rings is 2. The molecule has 2 aromatic carbocycles. The number of alkyl halides is 5. The zero-order chi connectivity index (χ0) is 23.0. The molecule has 1 unspecified atom stereocenters. The fourth-order valence-electron chi connectivity index (χ4n) is 2.82. The van der Waals surface area contributed by atoms with Crippen molar-refractivity contribution in [3.63, 3.8) is 0 Å². The summed E-state index contributed by atoms with van der Waals surface area (Å²) in [5.74, 6) is -6.83. The molecule has 0 bridgehead atoms. The summed E-state index contributed by atoms with van der Waals surface area (Å²) in [6.45, 7) is 0.446. The van der Waals surface area contributed by atoms with Gasteiger partial charge in [-0.05, 0) is 36.8 Å². The molecule has 3 rings (SSSR count). The van der Waals surface area contributed by atoms with Crippen LogP contribution in [-0.4, -0.2) is 29.3 Å². The zero-order valence-electron chi connectivity index (χ0n) is 15.9. The Kier molecular flexibility index (Phi) is 5.75. The molecule has 0 aliphatic rings. The number of esters is 1. The van der Waals surface area contributed by atoms with Crippen molar-refractivity contribution in [2.45, 2.75) is 31.5 Å². The highest BCUT2D eigenvalue weighted by molar-refractivity contribution is 5.89. The SMILES string of the molecule is CC(OC(=O)c1ccc(Cc2c(O)c3ccccc3oc2=O)cc1)C(F)(F)C(F)(F)F. The van der Waals surface area contributed by atoms with E-state index in [-0.39, 0.29) is 28.9 Å². The van der Waals surface area contributed by atoms with Crippen molar-refractivity contribution < 1.29 is 41.0 Å². The van der Waals surface area contributed by atoms with Crippen LogP contribution in [0.2, 0.25) is 0 Å². The smallest absolute Gasteiger partial charge is 0.457 e. The minimum absolute atomic E-state index is 0.0348. The Balaban J connectivity index is 1.78. The summed E-state index contributed by atoms with van der Waals surface area (Å²) >= 11 is 0. The Morgan fingerprint density at radius 2 is 1.68 bits per heavy atom. The zero-order valence-corrected chi connectivity index (χ0v) is 15.9. The summed E-state index contributed by atoms with van der Waals surface area (Å²) in [6.07, 6.45) is -8.66. The molecule has 1 heterocycles. The third-order valence-corrected chi connectivity index (χ3v) is 4.62. The number of hydrogen-bond acceptors (Lipinski definition) is 5.